The first kappa shape index (κ1) is 13.6. The van der Waals surface area contributed by atoms with Crippen molar-refractivity contribution in [1.82, 2.24) is 4.98 Å². The summed E-state index contributed by atoms with van der Waals surface area (Å²) in [5, 5.41) is 0. The van der Waals surface area contributed by atoms with Gasteiger partial charge in [-0.25, -0.2) is 4.98 Å². The van der Waals surface area contributed by atoms with E-state index in [9.17, 15) is 4.79 Å². The van der Waals surface area contributed by atoms with Crippen LogP contribution >= 0.6 is 0 Å². The van der Waals surface area contributed by atoms with E-state index in [1.165, 1.54) is 5.56 Å². The second kappa shape index (κ2) is 4.88. The normalized spacial score (nSPS) is 13.7. The van der Waals surface area contributed by atoms with Gasteiger partial charge in [-0.15, -0.1) is 0 Å². The molecule has 0 bridgehead atoms. The minimum Gasteiger partial charge on any atom is -0.383 e. The van der Waals surface area contributed by atoms with Gasteiger partial charge in [0.25, 0.3) is 0 Å². The number of pyridine rings is 1. The molecule has 1 aromatic carbocycles. The van der Waals surface area contributed by atoms with Gasteiger partial charge in [0.15, 0.2) is 0 Å². The number of aromatic nitrogens is 1. The molecule has 2 N–H and O–H groups in total. The predicted molar refractivity (Wildman–Crippen MR) is 84.2 cm³/mol. The molecule has 0 radical (unpaired) electrons. The Kier molecular flexibility index (Phi) is 3.16. The summed E-state index contributed by atoms with van der Waals surface area (Å²) in [5.74, 6) is 0.570. The number of rotatable bonds is 2. The van der Waals surface area contributed by atoms with Gasteiger partial charge < -0.3 is 10.6 Å². The van der Waals surface area contributed by atoms with Crippen LogP contribution in [-0.2, 0) is 17.8 Å². The van der Waals surface area contributed by atoms with E-state index in [2.05, 4.69) is 36.2 Å². The Labute approximate surface area is 124 Å². The molecule has 0 aliphatic carbocycles. The van der Waals surface area contributed by atoms with Gasteiger partial charge >= 0.3 is 0 Å². The largest absolute Gasteiger partial charge is 0.383 e. The molecule has 0 atom stereocenters. The standard InChI is InChI=1S/C17H19N3O/c1-10-4-6-13(7-5-10)9-20-15(21)8-14-16(20)11(2)12(3)19-17(14)18/h4-7H,8-9H2,1-3H3,(H2,18,19). The van der Waals surface area contributed by atoms with E-state index >= 15 is 0 Å². The zero-order chi connectivity index (χ0) is 15.1. The van der Waals surface area contributed by atoms with Crippen molar-refractivity contribution in [3.05, 3.63) is 52.2 Å². The predicted octanol–water partition coefficient (Wildman–Crippen LogP) is 2.68. The summed E-state index contributed by atoms with van der Waals surface area (Å²) in [7, 11) is 0. The monoisotopic (exact) mass is 281 g/mol. The van der Waals surface area contributed by atoms with Gasteiger partial charge in [0.1, 0.15) is 5.82 Å². The third-order valence-corrected chi connectivity index (χ3v) is 4.14. The van der Waals surface area contributed by atoms with Crippen molar-refractivity contribution < 1.29 is 4.79 Å². The quantitative estimate of drug-likeness (QED) is 0.920. The number of fused-ring (bicyclic) bond motifs is 1. The third kappa shape index (κ3) is 2.27. The SMILES string of the molecule is Cc1ccc(CN2C(=O)Cc3c(N)nc(C)c(C)c32)cc1. The number of benzene rings is 1. The molecule has 4 nitrogen and oxygen atoms in total. The molecule has 1 aliphatic rings. The van der Waals surface area contributed by atoms with E-state index in [0.717, 1.165) is 28.1 Å². The lowest BCUT2D eigenvalue weighted by Gasteiger charge is -2.21. The van der Waals surface area contributed by atoms with Crippen LogP contribution < -0.4 is 10.6 Å². The van der Waals surface area contributed by atoms with Crippen LogP contribution in [0.1, 0.15) is 27.9 Å². The first-order chi connectivity index (χ1) is 9.97. The molecule has 21 heavy (non-hydrogen) atoms. The number of nitrogen functional groups attached to an aromatic ring is 1. The Morgan fingerprint density at radius 2 is 1.86 bits per heavy atom. The average molecular weight is 281 g/mol. The summed E-state index contributed by atoms with van der Waals surface area (Å²) in [6.45, 7) is 6.57. The van der Waals surface area contributed by atoms with E-state index in [0.29, 0.717) is 18.8 Å². The maximum Gasteiger partial charge on any atom is 0.231 e. The second-order valence-electron chi connectivity index (χ2n) is 5.68. The van der Waals surface area contributed by atoms with Crippen LogP contribution in [0.4, 0.5) is 11.5 Å². The summed E-state index contributed by atoms with van der Waals surface area (Å²) >= 11 is 0. The van der Waals surface area contributed by atoms with Crippen molar-refractivity contribution in [2.24, 2.45) is 0 Å². The Bertz CT molecular complexity index is 720. The molecule has 1 amide bonds. The number of carbonyl (C=O) groups excluding carboxylic acids is 1. The molecule has 0 fully saturated rings. The maximum absolute atomic E-state index is 12.4. The summed E-state index contributed by atoms with van der Waals surface area (Å²) in [4.78, 5) is 18.5. The van der Waals surface area contributed by atoms with E-state index < -0.39 is 0 Å². The zero-order valence-corrected chi connectivity index (χ0v) is 12.6. The van der Waals surface area contributed by atoms with Crippen molar-refractivity contribution in [1.29, 1.82) is 0 Å². The molecule has 4 heteroatoms. The Balaban J connectivity index is 2.02. The molecule has 2 aromatic rings. The third-order valence-electron chi connectivity index (χ3n) is 4.14. The number of aryl methyl sites for hydroxylation is 2. The highest BCUT2D eigenvalue weighted by Gasteiger charge is 2.31. The zero-order valence-electron chi connectivity index (χ0n) is 12.6. The van der Waals surface area contributed by atoms with Gasteiger partial charge in [0.2, 0.25) is 5.91 Å². The molecule has 0 saturated heterocycles. The number of anilines is 2. The highest BCUT2D eigenvalue weighted by atomic mass is 16.2. The van der Waals surface area contributed by atoms with Crippen LogP contribution in [-0.4, -0.2) is 10.9 Å². The van der Waals surface area contributed by atoms with E-state index in [4.69, 9.17) is 5.73 Å². The first-order valence-corrected chi connectivity index (χ1v) is 7.09. The van der Waals surface area contributed by atoms with Crippen LogP contribution in [0.3, 0.4) is 0 Å². The van der Waals surface area contributed by atoms with Gasteiger partial charge in [-0.2, -0.15) is 0 Å². The topological polar surface area (TPSA) is 59.2 Å². The number of carbonyl (C=O) groups is 1. The highest BCUT2D eigenvalue weighted by Crippen LogP contribution is 2.37. The van der Waals surface area contributed by atoms with E-state index in [1.54, 1.807) is 0 Å². The van der Waals surface area contributed by atoms with Crippen LogP contribution in [0.2, 0.25) is 0 Å². The molecule has 108 valence electrons. The van der Waals surface area contributed by atoms with E-state index in [1.807, 2.05) is 18.7 Å². The molecule has 3 rings (SSSR count). The van der Waals surface area contributed by atoms with Crippen molar-refractivity contribution in [2.45, 2.75) is 33.7 Å². The summed E-state index contributed by atoms with van der Waals surface area (Å²) in [6, 6.07) is 8.26. The molecule has 0 spiro atoms. The maximum atomic E-state index is 12.4. The van der Waals surface area contributed by atoms with E-state index in [-0.39, 0.29) is 5.91 Å². The summed E-state index contributed by atoms with van der Waals surface area (Å²) < 4.78 is 0. The van der Waals surface area contributed by atoms with Gasteiger partial charge in [-0.05, 0) is 31.9 Å². The molecular weight excluding hydrogens is 262 g/mol. The molecule has 0 unspecified atom stereocenters. The smallest absolute Gasteiger partial charge is 0.231 e. The lowest BCUT2D eigenvalue weighted by Crippen LogP contribution is -2.26. The highest BCUT2D eigenvalue weighted by molar-refractivity contribution is 6.03. The first-order valence-electron chi connectivity index (χ1n) is 7.09. The summed E-state index contributed by atoms with van der Waals surface area (Å²) in [6.07, 6.45) is 0.348. The van der Waals surface area contributed by atoms with Crippen LogP contribution in [0.15, 0.2) is 24.3 Å². The van der Waals surface area contributed by atoms with Gasteiger partial charge in [0, 0.05) is 11.3 Å². The lowest BCUT2D eigenvalue weighted by molar-refractivity contribution is -0.117. The lowest BCUT2D eigenvalue weighted by atomic mass is 10.1. The van der Waals surface area contributed by atoms with Gasteiger partial charge in [-0.1, -0.05) is 29.8 Å². The minimum absolute atomic E-state index is 0.0905. The fourth-order valence-electron chi connectivity index (χ4n) is 2.81. The fraction of sp³-hybridized carbons (Fsp3) is 0.294. The Morgan fingerprint density at radius 3 is 2.52 bits per heavy atom. The van der Waals surface area contributed by atoms with Crippen LogP contribution in [0, 0.1) is 20.8 Å². The molecule has 1 aromatic heterocycles. The van der Waals surface area contributed by atoms with Crippen molar-refractivity contribution in [2.75, 3.05) is 10.6 Å². The molecule has 2 heterocycles. The van der Waals surface area contributed by atoms with Crippen molar-refractivity contribution >= 4 is 17.4 Å². The molecule has 1 aliphatic heterocycles. The fourth-order valence-corrected chi connectivity index (χ4v) is 2.81. The summed E-state index contributed by atoms with van der Waals surface area (Å²) in [5.41, 5.74) is 12.1. The van der Waals surface area contributed by atoms with Crippen molar-refractivity contribution in [3.63, 3.8) is 0 Å². The number of amides is 1. The Hall–Kier alpha value is -2.36. The number of nitrogens with two attached hydrogens (primary N) is 1. The second-order valence-corrected chi connectivity index (χ2v) is 5.68. The van der Waals surface area contributed by atoms with Crippen molar-refractivity contribution in [3.8, 4) is 0 Å². The average Bonchev–Trinajstić information content (AvgIpc) is 2.77. The van der Waals surface area contributed by atoms with Gasteiger partial charge in [0.05, 0.1) is 18.7 Å². The molecule has 0 saturated carbocycles. The van der Waals surface area contributed by atoms with Crippen LogP contribution in [0.25, 0.3) is 0 Å². The Morgan fingerprint density at radius 1 is 1.19 bits per heavy atom. The minimum atomic E-state index is 0.0905. The number of hydrogen-bond donors (Lipinski definition) is 1. The molecular formula is C17H19N3O. The number of hydrogen-bond acceptors (Lipinski definition) is 3. The number of nitrogens with zero attached hydrogens (tertiary/aromatic N) is 2. The van der Waals surface area contributed by atoms with Gasteiger partial charge in [-0.3, -0.25) is 4.79 Å². The van der Waals surface area contributed by atoms with Crippen LogP contribution in [0.5, 0.6) is 0 Å².